The van der Waals surface area contributed by atoms with Gasteiger partial charge in [0.05, 0.1) is 23.1 Å². The predicted octanol–water partition coefficient (Wildman–Crippen LogP) is 2.96. The monoisotopic (exact) mass is 236 g/mol. The molecule has 4 heteroatoms. The number of nitrogens with one attached hydrogen (secondary N) is 1. The summed E-state index contributed by atoms with van der Waals surface area (Å²) in [6.45, 7) is 0. The van der Waals surface area contributed by atoms with Crippen LogP contribution in [0.3, 0.4) is 0 Å². The molecule has 0 unspecified atom stereocenters. The smallest absolute Gasteiger partial charge is 0.130 e. The lowest BCUT2D eigenvalue weighted by atomic mass is 10.2. The molecule has 0 bridgehead atoms. The van der Waals surface area contributed by atoms with Gasteiger partial charge in [-0.3, -0.25) is 4.98 Å². The van der Waals surface area contributed by atoms with Crippen molar-refractivity contribution in [2.75, 3.05) is 11.1 Å². The lowest BCUT2D eigenvalue weighted by Crippen LogP contribution is -1.96. The number of fused-ring (bicyclic) bond motifs is 1. The van der Waals surface area contributed by atoms with E-state index in [1.54, 1.807) is 12.4 Å². The Morgan fingerprint density at radius 2 is 1.83 bits per heavy atom. The van der Waals surface area contributed by atoms with Gasteiger partial charge in [0.1, 0.15) is 5.82 Å². The van der Waals surface area contributed by atoms with Crippen molar-refractivity contribution in [2.24, 2.45) is 0 Å². The molecule has 1 aromatic carbocycles. The maximum absolute atomic E-state index is 5.61. The van der Waals surface area contributed by atoms with E-state index in [9.17, 15) is 0 Å². The third kappa shape index (κ3) is 1.96. The Balaban J connectivity index is 2.02. The van der Waals surface area contributed by atoms with E-state index in [0.29, 0.717) is 5.69 Å². The Hall–Kier alpha value is -2.62. The number of anilines is 3. The molecule has 0 spiro atoms. The van der Waals surface area contributed by atoms with Crippen LogP contribution in [-0.2, 0) is 0 Å². The van der Waals surface area contributed by atoms with Gasteiger partial charge >= 0.3 is 0 Å². The molecular weight excluding hydrogens is 224 g/mol. The third-order valence-corrected chi connectivity index (χ3v) is 2.68. The van der Waals surface area contributed by atoms with E-state index in [0.717, 1.165) is 22.4 Å². The van der Waals surface area contributed by atoms with Gasteiger partial charge in [0.25, 0.3) is 0 Å². The van der Waals surface area contributed by atoms with Crippen molar-refractivity contribution < 1.29 is 0 Å². The standard InChI is InChI=1S/C14H12N4/c15-11-6-7-13(17-9-11)18-12-5-1-3-10-4-2-8-16-14(10)12/h1-9H,15H2,(H,17,18). The Morgan fingerprint density at radius 3 is 2.67 bits per heavy atom. The molecule has 0 radical (unpaired) electrons. The summed E-state index contributed by atoms with van der Waals surface area (Å²) in [6.07, 6.45) is 3.41. The maximum Gasteiger partial charge on any atom is 0.130 e. The molecule has 88 valence electrons. The van der Waals surface area contributed by atoms with E-state index < -0.39 is 0 Å². The molecule has 0 saturated carbocycles. The van der Waals surface area contributed by atoms with Crippen LogP contribution in [0.25, 0.3) is 10.9 Å². The number of hydrogen-bond acceptors (Lipinski definition) is 4. The van der Waals surface area contributed by atoms with Gasteiger partial charge < -0.3 is 11.1 Å². The number of nitrogens with two attached hydrogens (primary N) is 1. The molecule has 0 fully saturated rings. The maximum atomic E-state index is 5.61. The van der Waals surface area contributed by atoms with Gasteiger partial charge in [0.15, 0.2) is 0 Å². The predicted molar refractivity (Wildman–Crippen MR) is 73.7 cm³/mol. The van der Waals surface area contributed by atoms with Crippen molar-refractivity contribution in [3.63, 3.8) is 0 Å². The summed E-state index contributed by atoms with van der Waals surface area (Å²) >= 11 is 0. The van der Waals surface area contributed by atoms with Gasteiger partial charge in [-0.05, 0) is 24.3 Å². The normalized spacial score (nSPS) is 10.4. The Bertz CT molecular complexity index is 671. The van der Waals surface area contributed by atoms with E-state index in [4.69, 9.17) is 5.73 Å². The molecule has 3 aromatic rings. The average molecular weight is 236 g/mol. The first-order valence-electron chi connectivity index (χ1n) is 5.65. The zero-order valence-electron chi connectivity index (χ0n) is 9.67. The summed E-state index contributed by atoms with van der Waals surface area (Å²) in [5, 5.41) is 4.34. The number of nitrogen functional groups attached to an aromatic ring is 1. The molecule has 0 saturated heterocycles. The van der Waals surface area contributed by atoms with E-state index in [-0.39, 0.29) is 0 Å². The van der Waals surface area contributed by atoms with Crippen LogP contribution in [0.4, 0.5) is 17.2 Å². The van der Waals surface area contributed by atoms with Crippen LogP contribution in [0.2, 0.25) is 0 Å². The van der Waals surface area contributed by atoms with Crippen LogP contribution in [-0.4, -0.2) is 9.97 Å². The van der Waals surface area contributed by atoms with E-state index in [2.05, 4.69) is 15.3 Å². The van der Waals surface area contributed by atoms with Crippen LogP contribution in [0.15, 0.2) is 54.9 Å². The summed E-state index contributed by atoms with van der Waals surface area (Å²) < 4.78 is 0. The quantitative estimate of drug-likeness (QED) is 0.718. The summed E-state index contributed by atoms with van der Waals surface area (Å²) in [6, 6.07) is 13.6. The van der Waals surface area contributed by atoms with Crippen molar-refractivity contribution in [3.05, 3.63) is 54.9 Å². The highest BCUT2D eigenvalue weighted by atomic mass is 15.0. The van der Waals surface area contributed by atoms with Crippen LogP contribution < -0.4 is 11.1 Å². The van der Waals surface area contributed by atoms with E-state index in [1.807, 2.05) is 42.5 Å². The van der Waals surface area contributed by atoms with Gasteiger partial charge in [-0.25, -0.2) is 4.98 Å². The van der Waals surface area contributed by atoms with Crippen molar-refractivity contribution in [2.45, 2.75) is 0 Å². The fraction of sp³-hybridized carbons (Fsp3) is 0. The fourth-order valence-corrected chi connectivity index (χ4v) is 1.82. The van der Waals surface area contributed by atoms with E-state index >= 15 is 0 Å². The fourth-order valence-electron chi connectivity index (χ4n) is 1.82. The number of hydrogen-bond donors (Lipinski definition) is 2. The number of para-hydroxylation sites is 1. The highest BCUT2D eigenvalue weighted by molar-refractivity contribution is 5.91. The molecule has 18 heavy (non-hydrogen) atoms. The van der Waals surface area contributed by atoms with Gasteiger partial charge in [-0.2, -0.15) is 0 Å². The highest BCUT2D eigenvalue weighted by Crippen LogP contribution is 2.23. The molecule has 2 aromatic heterocycles. The summed E-state index contributed by atoms with van der Waals surface area (Å²) in [7, 11) is 0. The zero-order chi connectivity index (χ0) is 12.4. The Labute approximate surface area is 104 Å². The van der Waals surface area contributed by atoms with Gasteiger partial charge in [-0.15, -0.1) is 0 Å². The number of benzene rings is 1. The average Bonchev–Trinajstić information content (AvgIpc) is 2.42. The molecule has 0 aliphatic rings. The molecule has 0 aliphatic heterocycles. The van der Waals surface area contributed by atoms with Gasteiger partial charge in [0, 0.05) is 11.6 Å². The molecule has 0 aliphatic carbocycles. The topological polar surface area (TPSA) is 63.8 Å². The van der Waals surface area contributed by atoms with Crippen LogP contribution in [0.1, 0.15) is 0 Å². The largest absolute Gasteiger partial charge is 0.397 e. The summed E-state index contributed by atoms with van der Waals surface area (Å²) in [5.74, 6) is 0.752. The minimum absolute atomic E-state index is 0.650. The SMILES string of the molecule is Nc1ccc(Nc2cccc3cccnc23)nc1. The molecule has 3 rings (SSSR count). The molecule has 3 N–H and O–H groups in total. The number of nitrogens with zero attached hydrogens (tertiary/aromatic N) is 2. The summed E-state index contributed by atoms with van der Waals surface area (Å²) in [5.41, 5.74) is 8.12. The second-order valence-electron chi connectivity index (χ2n) is 3.98. The first kappa shape index (κ1) is 10.5. The van der Waals surface area contributed by atoms with Crippen LogP contribution in [0, 0.1) is 0 Å². The lowest BCUT2D eigenvalue weighted by Gasteiger charge is -2.08. The van der Waals surface area contributed by atoms with Gasteiger partial charge in [0.2, 0.25) is 0 Å². The van der Waals surface area contributed by atoms with Crippen molar-refractivity contribution in [1.29, 1.82) is 0 Å². The minimum atomic E-state index is 0.650. The first-order chi connectivity index (χ1) is 8.83. The van der Waals surface area contributed by atoms with Gasteiger partial charge in [-0.1, -0.05) is 18.2 Å². The summed E-state index contributed by atoms with van der Waals surface area (Å²) in [4.78, 5) is 8.60. The second-order valence-corrected chi connectivity index (χ2v) is 3.98. The first-order valence-corrected chi connectivity index (χ1v) is 5.65. The lowest BCUT2D eigenvalue weighted by molar-refractivity contribution is 1.31. The number of aromatic nitrogens is 2. The van der Waals surface area contributed by atoms with Crippen molar-refractivity contribution in [1.82, 2.24) is 9.97 Å². The van der Waals surface area contributed by atoms with Crippen molar-refractivity contribution in [3.8, 4) is 0 Å². The minimum Gasteiger partial charge on any atom is -0.397 e. The van der Waals surface area contributed by atoms with Crippen molar-refractivity contribution >= 4 is 28.1 Å². The Morgan fingerprint density at radius 1 is 0.944 bits per heavy atom. The zero-order valence-corrected chi connectivity index (χ0v) is 9.67. The number of pyridine rings is 2. The van der Waals surface area contributed by atoms with E-state index in [1.165, 1.54) is 0 Å². The third-order valence-electron chi connectivity index (χ3n) is 2.68. The highest BCUT2D eigenvalue weighted by Gasteiger charge is 2.02. The molecule has 0 atom stereocenters. The molecule has 2 heterocycles. The number of rotatable bonds is 2. The molecule has 4 nitrogen and oxygen atoms in total. The molecular formula is C14H12N4. The Kier molecular flexibility index (Phi) is 2.53. The molecule has 0 amide bonds. The van der Waals surface area contributed by atoms with Crippen LogP contribution in [0.5, 0.6) is 0 Å². The van der Waals surface area contributed by atoms with Crippen LogP contribution >= 0.6 is 0 Å². The second kappa shape index (κ2) is 4.33.